The Hall–Kier alpha value is -7.43. The number of nitrogens with one attached hydrogen (secondary N) is 5. The summed E-state index contributed by atoms with van der Waals surface area (Å²) in [6.45, 7) is 10.4. The average Bonchev–Trinajstić information content (AvgIpc) is 4.01. The van der Waals surface area contributed by atoms with Crippen molar-refractivity contribution in [1.29, 1.82) is 0 Å². The summed E-state index contributed by atoms with van der Waals surface area (Å²) in [4.78, 5) is 96.3. The number of hydrogen-bond donors (Lipinski definition) is 5. The average molecular weight is 901 g/mol. The topological polar surface area (TPSA) is 219 Å². The van der Waals surface area contributed by atoms with Gasteiger partial charge in [0.1, 0.15) is 41.7 Å². The molecule has 4 amide bonds. The Morgan fingerprint density at radius 1 is 0.727 bits per heavy atom. The normalized spacial score (nSPS) is 15.3. The van der Waals surface area contributed by atoms with Gasteiger partial charge in [-0.3, -0.25) is 19.3 Å². The second-order valence-electron chi connectivity index (χ2n) is 18.4. The predicted octanol–water partition coefficient (Wildman–Crippen LogP) is 5.65. The van der Waals surface area contributed by atoms with Crippen molar-refractivity contribution in [3.63, 3.8) is 0 Å². The molecule has 5 N–H and O–H groups in total. The van der Waals surface area contributed by atoms with E-state index in [1.54, 1.807) is 72.0 Å². The number of aromatic nitrogens is 4. The number of para-hydroxylation sites is 2. The lowest BCUT2D eigenvalue weighted by Gasteiger charge is -2.36. The zero-order valence-corrected chi connectivity index (χ0v) is 38.1. The van der Waals surface area contributed by atoms with E-state index in [0.29, 0.717) is 5.56 Å². The molecule has 0 aliphatic carbocycles. The fourth-order valence-corrected chi connectivity index (χ4v) is 7.98. The predicted molar refractivity (Wildman–Crippen MR) is 245 cm³/mol. The van der Waals surface area contributed by atoms with Crippen LogP contribution in [0.15, 0.2) is 97.6 Å². The van der Waals surface area contributed by atoms with Crippen LogP contribution in [0.1, 0.15) is 69.6 Å². The van der Waals surface area contributed by atoms with Crippen LogP contribution in [0, 0.1) is 0 Å². The van der Waals surface area contributed by atoms with Crippen LogP contribution in [0.4, 0.5) is 9.59 Å². The minimum atomic E-state index is -1.40. The summed E-state index contributed by atoms with van der Waals surface area (Å²) in [5.74, 6) is -2.82. The van der Waals surface area contributed by atoms with Gasteiger partial charge in [0.05, 0.1) is 19.3 Å². The van der Waals surface area contributed by atoms with Gasteiger partial charge in [-0.2, -0.15) is 0 Å². The van der Waals surface area contributed by atoms with E-state index in [4.69, 9.17) is 14.2 Å². The number of rotatable bonds is 13. The highest BCUT2D eigenvalue weighted by Gasteiger charge is 2.40. The summed E-state index contributed by atoms with van der Waals surface area (Å²) in [5, 5.41) is 10.3. The molecule has 1 aliphatic heterocycles. The summed E-state index contributed by atoms with van der Waals surface area (Å²) in [6.07, 6.45) is 2.92. The lowest BCUT2D eigenvalue weighted by atomic mass is 9.95. The van der Waals surface area contributed by atoms with Crippen LogP contribution < -0.4 is 16.0 Å². The number of benzene rings is 3. The molecule has 17 nitrogen and oxygen atoms in total. The number of carbonyl (C=O) groups excluding carboxylic acids is 6. The molecule has 4 atom stereocenters. The summed E-state index contributed by atoms with van der Waals surface area (Å²) < 4.78 is 17.5. The molecule has 17 heteroatoms. The number of esters is 1. The molecule has 3 aromatic carbocycles. The van der Waals surface area contributed by atoms with Gasteiger partial charge in [0.15, 0.2) is 0 Å². The minimum Gasteiger partial charge on any atom is -0.467 e. The largest absolute Gasteiger partial charge is 0.467 e. The third-order valence-corrected chi connectivity index (χ3v) is 11.0. The fraction of sp³-hybridized carbons (Fsp3) is 0.367. The lowest BCUT2D eigenvalue weighted by Crippen LogP contribution is -2.60. The van der Waals surface area contributed by atoms with E-state index in [2.05, 4.69) is 30.9 Å². The van der Waals surface area contributed by atoms with E-state index < -0.39 is 71.2 Å². The molecule has 0 spiro atoms. The first kappa shape index (κ1) is 46.6. The second kappa shape index (κ2) is 19.4. The summed E-state index contributed by atoms with van der Waals surface area (Å²) in [7, 11) is 1.23. The fourth-order valence-electron chi connectivity index (χ4n) is 7.98. The van der Waals surface area contributed by atoms with Gasteiger partial charge in [0.25, 0.3) is 0 Å². The molecular weight excluding hydrogens is 845 g/mol. The number of amides is 4. The molecular formula is C49H56N8O9. The molecule has 0 fully saturated rings. The Kier molecular flexibility index (Phi) is 13.7. The van der Waals surface area contributed by atoms with Gasteiger partial charge in [-0.05, 0) is 70.4 Å². The third kappa shape index (κ3) is 11.3. The molecule has 346 valence electrons. The molecule has 1 aliphatic rings. The molecule has 7 rings (SSSR count). The Morgan fingerprint density at radius 3 is 2.02 bits per heavy atom. The van der Waals surface area contributed by atoms with Crippen LogP contribution >= 0.6 is 0 Å². The molecule has 4 heterocycles. The van der Waals surface area contributed by atoms with Gasteiger partial charge in [-0.15, -0.1) is 0 Å². The van der Waals surface area contributed by atoms with E-state index in [9.17, 15) is 28.8 Å². The van der Waals surface area contributed by atoms with Gasteiger partial charge < -0.3 is 40.1 Å². The van der Waals surface area contributed by atoms with Crippen molar-refractivity contribution in [3.05, 3.63) is 126 Å². The highest BCUT2D eigenvalue weighted by Crippen LogP contribution is 2.31. The molecule has 0 saturated carbocycles. The van der Waals surface area contributed by atoms with Crippen LogP contribution in [0.3, 0.4) is 0 Å². The van der Waals surface area contributed by atoms with E-state index in [-0.39, 0.29) is 37.9 Å². The number of aromatic amines is 2. The van der Waals surface area contributed by atoms with Crippen molar-refractivity contribution in [2.45, 2.75) is 109 Å². The first-order valence-electron chi connectivity index (χ1n) is 21.8. The van der Waals surface area contributed by atoms with Crippen molar-refractivity contribution in [2.24, 2.45) is 0 Å². The Labute approximate surface area is 381 Å². The number of hydrogen-bond acceptors (Lipinski definition) is 10. The molecule has 0 bridgehead atoms. The number of methoxy groups -OCH3 is 1. The smallest absolute Gasteiger partial charge is 0.419 e. The van der Waals surface area contributed by atoms with Crippen LogP contribution in [-0.2, 0) is 65.6 Å². The highest BCUT2D eigenvalue weighted by molar-refractivity contribution is 5.96. The van der Waals surface area contributed by atoms with Gasteiger partial charge in [-0.1, -0.05) is 66.7 Å². The van der Waals surface area contributed by atoms with Crippen LogP contribution in [0.25, 0.3) is 21.8 Å². The van der Waals surface area contributed by atoms with E-state index >= 15 is 0 Å². The maximum atomic E-state index is 14.8. The summed E-state index contributed by atoms with van der Waals surface area (Å²) in [5.41, 5.74) is 3.29. The van der Waals surface area contributed by atoms with Gasteiger partial charge in [0, 0.05) is 65.6 Å². The zero-order valence-electron chi connectivity index (χ0n) is 38.1. The number of ether oxygens (including phenoxy) is 3. The van der Waals surface area contributed by atoms with Crippen molar-refractivity contribution in [3.8, 4) is 0 Å². The highest BCUT2D eigenvalue weighted by atomic mass is 16.6. The van der Waals surface area contributed by atoms with Crippen molar-refractivity contribution < 1.29 is 43.0 Å². The van der Waals surface area contributed by atoms with E-state index in [0.717, 1.165) is 43.2 Å². The van der Waals surface area contributed by atoms with Crippen LogP contribution in [0.2, 0.25) is 0 Å². The standard InChI is InChI=1S/C49H56N8O9/c1-48(2,3)65-46(62)56-26-31(51-28-56)23-38(54-44(60)41-24-34-33-18-12-14-20-36(33)52-40(34)27-57(41)47(63)66-49(4,5)6)43(59)53-37(21-29-15-9-8-10-16-29)42(58)55-39(45(61)64-7)22-30-25-50-35-19-13-11-17-32(30)35/h8-20,25-26,28,37-39,41,50,52H,21-24,27H2,1-7H3,(H,53,59)(H,54,60)(H,55,58)/t37-,38-,39-,41-/m0/s1. The SMILES string of the molecule is COC(=O)[C@H](Cc1c[nH]c2ccccc12)NC(=O)[C@H](Cc1ccccc1)NC(=O)[C@H](Cc1cn(C(=O)OC(C)(C)C)cn1)NC(=O)[C@@H]1Cc2c([nH]c3ccccc23)CN1C(=O)OC(C)(C)C. The maximum absolute atomic E-state index is 14.8. The first-order valence-corrected chi connectivity index (χ1v) is 21.8. The molecule has 0 unspecified atom stereocenters. The van der Waals surface area contributed by atoms with Crippen LogP contribution in [-0.4, -0.2) is 103 Å². The molecule has 66 heavy (non-hydrogen) atoms. The number of fused-ring (bicyclic) bond motifs is 4. The second-order valence-corrected chi connectivity index (χ2v) is 18.4. The number of imidazole rings is 1. The van der Waals surface area contributed by atoms with Gasteiger partial charge in [-0.25, -0.2) is 23.9 Å². The Bertz CT molecular complexity index is 2740. The maximum Gasteiger partial charge on any atom is 0.419 e. The lowest BCUT2D eigenvalue weighted by molar-refractivity contribution is -0.145. The zero-order chi connectivity index (χ0) is 47.3. The molecule has 0 saturated heterocycles. The number of H-pyrrole nitrogens is 2. The molecule has 3 aromatic heterocycles. The van der Waals surface area contributed by atoms with Gasteiger partial charge >= 0.3 is 18.2 Å². The minimum absolute atomic E-state index is 0.00567. The Morgan fingerprint density at radius 2 is 1.33 bits per heavy atom. The number of carbonyl (C=O) groups is 6. The van der Waals surface area contributed by atoms with Crippen LogP contribution in [0.5, 0.6) is 0 Å². The summed E-state index contributed by atoms with van der Waals surface area (Å²) in [6, 6.07) is 19.2. The monoisotopic (exact) mass is 900 g/mol. The van der Waals surface area contributed by atoms with E-state index in [1.165, 1.54) is 24.5 Å². The quantitative estimate of drug-likeness (QED) is 0.0709. The van der Waals surface area contributed by atoms with Gasteiger partial charge in [0.2, 0.25) is 17.7 Å². The third-order valence-electron chi connectivity index (χ3n) is 11.0. The van der Waals surface area contributed by atoms with Crippen molar-refractivity contribution >= 4 is 57.7 Å². The molecule has 6 aromatic rings. The van der Waals surface area contributed by atoms with E-state index in [1.807, 2.05) is 54.6 Å². The van der Waals surface area contributed by atoms with Crippen molar-refractivity contribution in [2.75, 3.05) is 7.11 Å². The van der Waals surface area contributed by atoms with Crippen molar-refractivity contribution in [1.82, 2.24) is 40.4 Å². The molecule has 0 radical (unpaired) electrons. The Balaban J connectivity index is 1.20. The summed E-state index contributed by atoms with van der Waals surface area (Å²) >= 11 is 0. The number of nitrogens with zero attached hydrogens (tertiary/aromatic N) is 3. The first-order chi connectivity index (χ1) is 31.4.